The van der Waals surface area contributed by atoms with Gasteiger partial charge in [0.1, 0.15) is 0 Å². The van der Waals surface area contributed by atoms with E-state index in [1.807, 2.05) is 5.48 Å². The lowest BCUT2D eigenvalue weighted by Gasteiger charge is -2.01. The van der Waals surface area contributed by atoms with E-state index in [1.165, 1.54) is 0 Å². The number of hydrogen-bond donors (Lipinski definition) is 3. The molecule has 3 N–H and O–H groups in total. The molecule has 0 heterocycles. The monoisotopic (exact) mass is 177 g/mol. The van der Waals surface area contributed by atoms with Crippen molar-refractivity contribution in [3.8, 4) is 0 Å². The summed E-state index contributed by atoms with van der Waals surface area (Å²) in [6.07, 6.45) is -0.352. The number of rotatable bonds is 6. The minimum atomic E-state index is -1.03. The van der Waals surface area contributed by atoms with Crippen LogP contribution in [-0.2, 0) is 14.4 Å². The summed E-state index contributed by atoms with van der Waals surface area (Å²) in [5.74, 6) is -1.54. The maximum absolute atomic E-state index is 10.6. The molecular weight excluding hydrogens is 166 g/mol. The number of hydrogen-bond acceptors (Lipinski definition) is 4. The SMILES string of the molecule is O=C(O)CCC(=O)NOCCO. The summed E-state index contributed by atoms with van der Waals surface area (Å²) in [7, 11) is 0. The van der Waals surface area contributed by atoms with Gasteiger partial charge in [-0.2, -0.15) is 0 Å². The third-order valence-corrected chi connectivity index (χ3v) is 0.945. The largest absolute Gasteiger partial charge is 0.481 e. The molecule has 0 aromatic heterocycles. The third-order valence-electron chi connectivity index (χ3n) is 0.945. The minimum Gasteiger partial charge on any atom is -0.481 e. The highest BCUT2D eigenvalue weighted by atomic mass is 16.7. The van der Waals surface area contributed by atoms with Crippen LogP contribution in [-0.4, -0.2) is 35.3 Å². The van der Waals surface area contributed by atoms with E-state index < -0.39 is 11.9 Å². The van der Waals surface area contributed by atoms with E-state index in [0.29, 0.717) is 0 Å². The van der Waals surface area contributed by atoms with Crippen molar-refractivity contribution in [2.45, 2.75) is 12.8 Å². The van der Waals surface area contributed by atoms with Gasteiger partial charge in [-0.15, -0.1) is 0 Å². The second kappa shape index (κ2) is 6.56. The van der Waals surface area contributed by atoms with E-state index in [1.54, 1.807) is 0 Å². The van der Waals surface area contributed by atoms with Gasteiger partial charge in [-0.3, -0.25) is 14.4 Å². The minimum absolute atomic E-state index is 0.00118. The van der Waals surface area contributed by atoms with Crippen molar-refractivity contribution in [2.24, 2.45) is 0 Å². The van der Waals surface area contributed by atoms with Crippen LogP contribution in [0.1, 0.15) is 12.8 Å². The summed E-state index contributed by atoms with van der Waals surface area (Å²) in [5, 5.41) is 16.4. The van der Waals surface area contributed by atoms with Crippen molar-refractivity contribution >= 4 is 11.9 Å². The third kappa shape index (κ3) is 6.97. The Hall–Kier alpha value is -1.14. The van der Waals surface area contributed by atoms with Crippen molar-refractivity contribution in [1.82, 2.24) is 5.48 Å². The molecule has 0 radical (unpaired) electrons. The summed E-state index contributed by atoms with van der Waals surface area (Å²) in [6.45, 7) is -0.196. The van der Waals surface area contributed by atoms with Gasteiger partial charge in [-0.1, -0.05) is 0 Å². The molecule has 0 saturated carbocycles. The Kier molecular flexibility index (Phi) is 5.94. The second-order valence-corrected chi connectivity index (χ2v) is 1.99. The Morgan fingerprint density at radius 2 is 2.00 bits per heavy atom. The topological polar surface area (TPSA) is 95.9 Å². The molecule has 6 heteroatoms. The molecular formula is C6H11NO5. The van der Waals surface area contributed by atoms with E-state index in [9.17, 15) is 9.59 Å². The molecule has 0 unspecified atom stereocenters. The zero-order valence-corrected chi connectivity index (χ0v) is 6.45. The number of carbonyl (C=O) groups excluding carboxylic acids is 1. The first-order chi connectivity index (χ1) is 5.66. The van der Waals surface area contributed by atoms with Crippen LogP contribution in [0.2, 0.25) is 0 Å². The first-order valence-corrected chi connectivity index (χ1v) is 3.40. The van der Waals surface area contributed by atoms with E-state index in [-0.39, 0.29) is 26.1 Å². The maximum atomic E-state index is 10.6. The fourth-order valence-electron chi connectivity index (χ4n) is 0.449. The molecule has 12 heavy (non-hydrogen) atoms. The molecule has 0 fully saturated rings. The van der Waals surface area contributed by atoms with Crippen molar-refractivity contribution in [3.05, 3.63) is 0 Å². The van der Waals surface area contributed by atoms with Gasteiger partial charge in [0.2, 0.25) is 5.91 Å². The molecule has 0 aliphatic heterocycles. The van der Waals surface area contributed by atoms with Crippen LogP contribution < -0.4 is 5.48 Å². The van der Waals surface area contributed by atoms with Gasteiger partial charge in [0.25, 0.3) is 0 Å². The average molecular weight is 177 g/mol. The van der Waals surface area contributed by atoms with Gasteiger partial charge in [0.15, 0.2) is 0 Å². The normalized spacial score (nSPS) is 9.42. The molecule has 0 saturated heterocycles. The molecule has 0 spiro atoms. The van der Waals surface area contributed by atoms with Crippen LogP contribution in [0.4, 0.5) is 0 Å². The Balaban J connectivity index is 3.28. The summed E-state index contributed by atoms with van der Waals surface area (Å²) >= 11 is 0. The maximum Gasteiger partial charge on any atom is 0.303 e. The van der Waals surface area contributed by atoms with Crippen LogP contribution in [0.5, 0.6) is 0 Å². The predicted molar refractivity (Wildman–Crippen MR) is 38.1 cm³/mol. The quantitative estimate of drug-likeness (QED) is 0.353. The number of carboxylic acid groups (broad SMARTS) is 1. The van der Waals surface area contributed by atoms with Crippen LogP contribution in [0.15, 0.2) is 0 Å². The van der Waals surface area contributed by atoms with Crippen LogP contribution >= 0.6 is 0 Å². The van der Waals surface area contributed by atoms with Crippen LogP contribution in [0, 0.1) is 0 Å². The molecule has 0 aliphatic carbocycles. The lowest BCUT2D eigenvalue weighted by Crippen LogP contribution is -2.25. The van der Waals surface area contributed by atoms with Crippen LogP contribution in [0.25, 0.3) is 0 Å². The van der Waals surface area contributed by atoms with Gasteiger partial charge in [-0.25, -0.2) is 5.48 Å². The van der Waals surface area contributed by atoms with Gasteiger partial charge in [0.05, 0.1) is 19.6 Å². The van der Waals surface area contributed by atoms with Gasteiger partial charge in [0, 0.05) is 6.42 Å². The highest BCUT2D eigenvalue weighted by Gasteiger charge is 2.03. The van der Waals surface area contributed by atoms with Gasteiger partial charge >= 0.3 is 5.97 Å². The molecule has 6 nitrogen and oxygen atoms in total. The fourth-order valence-corrected chi connectivity index (χ4v) is 0.449. The molecule has 0 atom stereocenters. The standard InChI is InChI=1S/C6H11NO5/c8-3-4-12-7-5(9)1-2-6(10)11/h8H,1-4H2,(H,7,9)(H,10,11). The van der Waals surface area contributed by atoms with Gasteiger partial charge in [-0.05, 0) is 0 Å². The first kappa shape index (κ1) is 10.9. The Labute approximate surface area is 69.1 Å². The Morgan fingerprint density at radius 3 is 2.50 bits per heavy atom. The Bertz CT molecular complexity index is 158. The number of nitrogens with one attached hydrogen (secondary N) is 1. The lowest BCUT2D eigenvalue weighted by molar-refractivity contribution is -0.141. The van der Waals surface area contributed by atoms with Crippen molar-refractivity contribution in [3.63, 3.8) is 0 Å². The van der Waals surface area contributed by atoms with Crippen LogP contribution in [0.3, 0.4) is 0 Å². The summed E-state index contributed by atoms with van der Waals surface area (Å²) in [4.78, 5) is 25.0. The molecule has 0 aliphatic rings. The fraction of sp³-hybridized carbons (Fsp3) is 0.667. The number of hydroxylamine groups is 1. The molecule has 0 bridgehead atoms. The summed E-state index contributed by atoms with van der Waals surface area (Å²) < 4.78 is 0. The van der Waals surface area contributed by atoms with E-state index in [4.69, 9.17) is 10.2 Å². The zero-order valence-electron chi connectivity index (χ0n) is 6.45. The van der Waals surface area contributed by atoms with Crippen molar-refractivity contribution < 1.29 is 24.6 Å². The number of carbonyl (C=O) groups is 2. The highest BCUT2D eigenvalue weighted by molar-refractivity contribution is 5.79. The molecule has 0 rings (SSSR count). The molecule has 70 valence electrons. The zero-order chi connectivity index (χ0) is 9.40. The molecule has 0 aromatic rings. The second-order valence-electron chi connectivity index (χ2n) is 1.99. The van der Waals surface area contributed by atoms with Gasteiger partial charge < -0.3 is 10.2 Å². The van der Waals surface area contributed by atoms with E-state index >= 15 is 0 Å². The smallest absolute Gasteiger partial charge is 0.303 e. The summed E-state index contributed by atoms with van der Waals surface area (Å²) in [6, 6.07) is 0. The number of aliphatic hydroxyl groups is 1. The number of amides is 1. The van der Waals surface area contributed by atoms with Crippen molar-refractivity contribution in [2.75, 3.05) is 13.2 Å². The lowest BCUT2D eigenvalue weighted by atomic mass is 10.3. The first-order valence-electron chi connectivity index (χ1n) is 3.40. The van der Waals surface area contributed by atoms with E-state index in [0.717, 1.165) is 0 Å². The Morgan fingerprint density at radius 1 is 1.33 bits per heavy atom. The summed E-state index contributed by atoms with van der Waals surface area (Å²) in [5.41, 5.74) is 1.98. The van der Waals surface area contributed by atoms with E-state index in [2.05, 4.69) is 4.84 Å². The molecule has 0 aromatic carbocycles. The number of carboxylic acids is 1. The number of aliphatic carboxylic acids is 1. The highest BCUT2D eigenvalue weighted by Crippen LogP contribution is 1.87. The molecule has 1 amide bonds. The number of aliphatic hydroxyl groups excluding tert-OH is 1. The predicted octanol–water partition coefficient (Wildman–Crippen LogP) is -1.11. The average Bonchev–Trinajstić information content (AvgIpc) is 2.01. The van der Waals surface area contributed by atoms with Crippen molar-refractivity contribution in [1.29, 1.82) is 0 Å².